The first-order valence-corrected chi connectivity index (χ1v) is 9.16. The fourth-order valence-corrected chi connectivity index (χ4v) is 3.72. The van der Waals surface area contributed by atoms with Crippen LogP contribution in [0.1, 0.15) is 28.7 Å². The van der Waals surface area contributed by atoms with Crippen LogP contribution < -0.4 is 9.64 Å². The molecule has 1 aliphatic rings. The van der Waals surface area contributed by atoms with Crippen molar-refractivity contribution < 1.29 is 17.9 Å². The van der Waals surface area contributed by atoms with Crippen molar-refractivity contribution in [3.63, 3.8) is 0 Å². The second-order valence-electron chi connectivity index (χ2n) is 6.86. The minimum absolute atomic E-state index is 0.186. The molecule has 4 aromatic heterocycles. The third-order valence-electron chi connectivity index (χ3n) is 5.13. The van der Waals surface area contributed by atoms with Gasteiger partial charge in [-0.1, -0.05) is 0 Å². The minimum Gasteiger partial charge on any atom is -0.494 e. The molecule has 1 aliphatic heterocycles. The van der Waals surface area contributed by atoms with Gasteiger partial charge in [-0.15, -0.1) is 0 Å². The number of H-pyrrole nitrogens is 1. The van der Waals surface area contributed by atoms with Crippen molar-refractivity contribution in [2.75, 3.05) is 18.6 Å². The van der Waals surface area contributed by atoms with Crippen LogP contribution in [0, 0.1) is 0 Å². The number of pyridine rings is 1. The van der Waals surface area contributed by atoms with Crippen LogP contribution in [0.4, 0.5) is 19.1 Å². The van der Waals surface area contributed by atoms with Gasteiger partial charge in [0.25, 0.3) is 0 Å². The van der Waals surface area contributed by atoms with E-state index in [0.717, 1.165) is 29.3 Å². The van der Waals surface area contributed by atoms with Gasteiger partial charge in [0.2, 0.25) is 5.95 Å². The summed E-state index contributed by atoms with van der Waals surface area (Å²) in [6.07, 6.45) is 1.14. The van der Waals surface area contributed by atoms with Crippen LogP contribution in [0.15, 0.2) is 43.1 Å². The summed E-state index contributed by atoms with van der Waals surface area (Å²) in [4.78, 5) is 17.4. The summed E-state index contributed by atoms with van der Waals surface area (Å²) >= 11 is 0. The average molecular weight is 415 g/mol. The van der Waals surface area contributed by atoms with Gasteiger partial charge in [0, 0.05) is 37.3 Å². The Morgan fingerprint density at radius 1 is 1.20 bits per heavy atom. The van der Waals surface area contributed by atoms with Crippen LogP contribution in [0.3, 0.4) is 0 Å². The third kappa shape index (κ3) is 2.93. The Morgan fingerprint density at radius 3 is 2.73 bits per heavy atom. The van der Waals surface area contributed by atoms with Gasteiger partial charge < -0.3 is 14.6 Å². The number of aromatic nitrogens is 6. The number of imidazole rings is 1. The largest absolute Gasteiger partial charge is 0.494 e. The summed E-state index contributed by atoms with van der Waals surface area (Å²) in [5, 5.41) is 4.66. The van der Waals surface area contributed by atoms with Gasteiger partial charge >= 0.3 is 6.18 Å². The first-order valence-electron chi connectivity index (χ1n) is 9.16. The number of nitrogens with zero attached hydrogens (tertiary/aromatic N) is 6. The van der Waals surface area contributed by atoms with Crippen LogP contribution in [0.2, 0.25) is 0 Å². The Hall–Kier alpha value is -3.63. The second-order valence-corrected chi connectivity index (χ2v) is 6.86. The van der Waals surface area contributed by atoms with Gasteiger partial charge in [0.1, 0.15) is 17.3 Å². The van der Waals surface area contributed by atoms with E-state index in [1.54, 1.807) is 24.1 Å². The molecule has 0 aliphatic carbocycles. The molecule has 5 heterocycles. The number of hydrogen-bond acceptors (Lipinski definition) is 6. The second kappa shape index (κ2) is 6.71. The maximum atomic E-state index is 12.9. The fourth-order valence-electron chi connectivity index (χ4n) is 3.72. The zero-order valence-corrected chi connectivity index (χ0v) is 15.8. The Bertz CT molecular complexity index is 1200. The zero-order chi connectivity index (χ0) is 20.9. The molecule has 1 N–H and O–H groups in total. The molecule has 0 unspecified atom stereocenters. The molecular weight excluding hydrogens is 399 g/mol. The highest BCUT2D eigenvalue weighted by atomic mass is 19.4. The Balaban J connectivity index is 1.61. The third-order valence-corrected chi connectivity index (χ3v) is 5.13. The Labute approximate surface area is 168 Å². The summed E-state index contributed by atoms with van der Waals surface area (Å²) in [7, 11) is 1.58. The lowest BCUT2D eigenvalue weighted by Gasteiger charge is -2.33. The molecule has 11 heteroatoms. The number of hydrogen-bond donors (Lipinski definition) is 1. The van der Waals surface area contributed by atoms with Crippen LogP contribution in [0.5, 0.6) is 5.75 Å². The van der Waals surface area contributed by atoms with Gasteiger partial charge in [-0.3, -0.25) is 0 Å². The predicted octanol–water partition coefficient (Wildman–Crippen LogP) is 3.03. The fraction of sp³-hybridized carbons (Fsp3) is 0.263. The monoisotopic (exact) mass is 415 g/mol. The SMILES string of the molecule is COc1cccn2nc([C@H]3c4nc[nH]c4CCN3c3ncc(C(F)(F)F)cn3)cc12. The number of rotatable bonds is 3. The van der Waals surface area contributed by atoms with E-state index in [1.165, 1.54) is 0 Å². The lowest BCUT2D eigenvalue weighted by molar-refractivity contribution is -0.138. The summed E-state index contributed by atoms with van der Waals surface area (Å²) < 4.78 is 45.9. The van der Waals surface area contributed by atoms with Crippen molar-refractivity contribution in [2.24, 2.45) is 0 Å². The Morgan fingerprint density at radius 2 is 2.00 bits per heavy atom. The molecule has 0 saturated heterocycles. The normalized spacial score (nSPS) is 16.7. The molecule has 0 saturated carbocycles. The van der Waals surface area contributed by atoms with E-state index in [2.05, 4.69) is 25.0 Å². The van der Waals surface area contributed by atoms with Crippen molar-refractivity contribution in [1.82, 2.24) is 29.5 Å². The maximum Gasteiger partial charge on any atom is 0.419 e. The van der Waals surface area contributed by atoms with Gasteiger partial charge in [-0.05, 0) is 18.2 Å². The van der Waals surface area contributed by atoms with Gasteiger partial charge in [0.15, 0.2) is 0 Å². The number of alkyl halides is 3. The van der Waals surface area contributed by atoms with E-state index in [1.807, 2.05) is 23.1 Å². The summed E-state index contributed by atoms with van der Waals surface area (Å²) in [6, 6.07) is 5.07. The highest BCUT2D eigenvalue weighted by molar-refractivity contribution is 5.61. The highest BCUT2D eigenvalue weighted by Gasteiger charge is 2.36. The van der Waals surface area contributed by atoms with Gasteiger partial charge in [-0.2, -0.15) is 18.3 Å². The molecule has 154 valence electrons. The van der Waals surface area contributed by atoms with Crippen molar-refractivity contribution in [2.45, 2.75) is 18.6 Å². The number of methoxy groups -OCH3 is 1. The van der Waals surface area contributed by atoms with Crippen LogP contribution in [-0.2, 0) is 12.6 Å². The van der Waals surface area contributed by atoms with Crippen molar-refractivity contribution in [3.05, 3.63) is 65.8 Å². The number of ether oxygens (including phenoxy) is 1. The quantitative estimate of drug-likeness (QED) is 0.554. The van der Waals surface area contributed by atoms with E-state index in [0.29, 0.717) is 24.4 Å². The van der Waals surface area contributed by atoms with E-state index in [-0.39, 0.29) is 5.95 Å². The van der Waals surface area contributed by atoms with Gasteiger partial charge in [-0.25, -0.2) is 19.5 Å². The van der Waals surface area contributed by atoms with Crippen LogP contribution >= 0.6 is 0 Å². The summed E-state index contributed by atoms with van der Waals surface area (Å²) in [6.45, 7) is 0.496. The minimum atomic E-state index is -4.49. The number of fused-ring (bicyclic) bond motifs is 2. The van der Waals surface area contributed by atoms with Crippen LogP contribution in [-0.4, -0.2) is 43.2 Å². The number of aromatic amines is 1. The number of halogens is 3. The highest BCUT2D eigenvalue weighted by Crippen LogP contribution is 2.37. The molecule has 4 aromatic rings. The molecule has 5 rings (SSSR count). The average Bonchev–Trinajstić information content (AvgIpc) is 3.39. The van der Waals surface area contributed by atoms with Crippen molar-refractivity contribution in [1.29, 1.82) is 0 Å². The number of nitrogens with one attached hydrogen (secondary N) is 1. The standard InChI is InChI=1S/C19H16F3N7O/c1-30-15-3-2-5-29-14(15)7-13(27-29)17-16-12(25-10-26-16)4-6-28(17)18-23-8-11(9-24-18)19(20,21)22/h2-3,5,7-10,17H,4,6H2,1H3,(H,25,26)/t17-/m0/s1. The van der Waals surface area contributed by atoms with Crippen molar-refractivity contribution in [3.8, 4) is 5.75 Å². The summed E-state index contributed by atoms with van der Waals surface area (Å²) in [5.41, 5.74) is 2.24. The Kier molecular flexibility index (Phi) is 4.12. The van der Waals surface area contributed by atoms with Crippen molar-refractivity contribution >= 4 is 11.5 Å². The molecule has 0 bridgehead atoms. The lowest BCUT2D eigenvalue weighted by atomic mass is 10.00. The molecule has 0 radical (unpaired) electrons. The van der Waals surface area contributed by atoms with Gasteiger partial charge in [0.05, 0.1) is 30.4 Å². The first kappa shape index (κ1) is 18.4. The lowest BCUT2D eigenvalue weighted by Crippen LogP contribution is -2.37. The predicted molar refractivity (Wildman–Crippen MR) is 100 cm³/mol. The molecule has 0 fully saturated rings. The summed E-state index contributed by atoms with van der Waals surface area (Å²) in [5.74, 6) is 0.845. The molecule has 0 amide bonds. The molecule has 8 nitrogen and oxygen atoms in total. The molecule has 1 atom stereocenters. The van der Waals surface area contributed by atoms with E-state index in [9.17, 15) is 13.2 Å². The maximum absolute atomic E-state index is 12.9. The van der Waals surface area contributed by atoms with Crippen LogP contribution in [0.25, 0.3) is 5.52 Å². The topological polar surface area (TPSA) is 84.2 Å². The molecular formula is C19H16F3N7O. The first-order chi connectivity index (χ1) is 14.5. The van der Waals surface area contributed by atoms with E-state index in [4.69, 9.17) is 4.74 Å². The zero-order valence-electron chi connectivity index (χ0n) is 15.8. The molecule has 30 heavy (non-hydrogen) atoms. The molecule has 0 spiro atoms. The molecule has 0 aromatic carbocycles. The smallest absolute Gasteiger partial charge is 0.419 e. The van der Waals surface area contributed by atoms with E-state index < -0.39 is 17.8 Å². The van der Waals surface area contributed by atoms with E-state index >= 15 is 0 Å². The number of anilines is 1.